The van der Waals surface area contributed by atoms with Crippen molar-refractivity contribution in [3.05, 3.63) is 64.6 Å². The predicted molar refractivity (Wildman–Crippen MR) is 101 cm³/mol. The molecule has 2 heterocycles. The van der Waals surface area contributed by atoms with Gasteiger partial charge < -0.3 is 14.1 Å². The van der Waals surface area contributed by atoms with Gasteiger partial charge in [0.05, 0.1) is 5.60 Å². The number of halogens is 1. The van der Waals surface area contributed by atoms with Crippen molar-refractivity contribution in [2.75, 3.05) is 0 Å². The Balaban J connectivity index is 1.66. The summed E-state index contributed by atoms with van der Waals surface area (Å²) < 4.78 is 12.9. The van der Waals surface area contributed by atoms with Gasteiger partial charge in [-0.05, 0) is 60.5 Å². The first-order chi connectivity index (χ1) is 11.3. The molecule has 0 spiro atoms. The molecule has 0 N–H and O–H groups in total. The summed E-state index contributed by atoms with van der Waals surface area (Å²) >= 11 is 2.28. The Morgan fingerprint density at radius 1 is 1.12 bits per heavy atom. The molecule has 7 heteroatoms. The molecule has 1 aromatic heterocycles. The normalized spacial score (nSPS) is 22.6. The number of benzene rings is 1. The third kappa shape index (κ3) is 3.53. The molecule has 0 radical (unpaired) electrons. The molecule has 1 fully saturated rings. The first-order valence-corrected chi connectivity index (χ1v) is 8.81. The fraction of sp³-hybridized carbons (Fsp3) is 0.353. The van der Waals surface area contributed by atoms with Crippen molar-refractivity contribution in [1.29, 1.82) is 0 Å². The van der Waals surface area contributed by atoms with Crippen molar-refractivity contribution in [3.63, 3.8) is 0 Å². The molecule has 5 nitrogen and oxygen atoms in total. The first-order valence-electron chi connectivity index (χ1n) is 7.73. The van der Waals surface area contributed by atoms with Crippen LogP contribution >= 0.6 is 22.6 Å². The highest BCUT2D eigenvalue weighted by Gasteiger charge is 2.53. The summed E-state index contributed by atoms with van der Waals surface area (Å²) in [5, 5.41) is 0. The molecule has 0 saturated carbocycles. The molecule has 3 rings (SSSR count). The Morgan fingerprint density at radius 2 is 1.83 bits per heavy atom. The Morgan fingerprint density at radius 3 is 2.42 bits per heavy atom. The molecule has 1 aliphatic heterocycles. The predicted octanol–water partition coefficient (Wildman–Crippen LogP) is 2.15. The first kappa shape index (κ1) is 17.5. The lowest BCUT2D eigenvalue weighted by atomic mass is 9.79. The zero-order valence-corrected chi connectivity index (χ0v) is 16.0. The summed E-state index contributed by atoms with van der Waals surface area (Å²) in [4.78, 5) is 17.1. The monoisotopic (exact) mass is 439 g/mol. The molecular weight excluding hydrogens is 420 g/mol. The van der Waals surface area contributed by atoms with E-state index in [0.717, 1.165) is 11.0 Å². The van der Waals surface area contributed by atoms with Gasteiger partial charge in [-0.1, -0.05) is 30.3 Å². The van der Waals surface area contributed by atoms with E-state index < -0.39 is 0 Å². The fourth-order valence-corrected chi connectivity index (χ4v) is 2.67. The Bertz CT molecular complexity index is 757. The van der Waals surface area contributed by atoms with Gasteiger partial charge in [-0.2, -0.15) is 4.73 Å². The smallest absolute Gasteiger partial charge is 0.406 e. The summed E-state index contributed by atoms with van der Waals surface area (Å²) in [5.41, 5.74) is 1.37. The Labute approximate surface area is 155 Å². The van der Waals surface area contributed by atoms with Crippen LogP contribution in [0, 0.1) is 0 Å². The highest BCUT2D eigenvalue weighted by atomic mass is 127. The van der Waals surface area contributed by atoms with Crippen molar-refractivity contribution in [2.24, 2.45) is 0 Å². The van der Waals surface area contributed by atoms with Gasteiger partial charge >= 0.3 is 7.12 Å². The van der Waals surface area contributed by atoms with Gasteiger partial charge in [0, 0.05) is 12.3 Å². The minimum absolute atomic E-state index is 0.189. The molecule has 2 aromatic rings. The maximum Gasteiger partial charge on any atom is 0.495 e. The molecule has 1 aromatic carbocycles. The number of pyridine rings is 1. The number of alkyl halides is 1. The van der Waals surface area contributed by atoms with Crippen LogP contribution in [0.4, 0.5) is 0 Å². The van der Waals surface area contributed by atoms with Crippen LogP contribution < -0.4 is 15.9 Å². The van der Waals surface area contributed by atoms with Crippen molar-refractivity contribution in [2.45, 2.75) is 36.6 Å². The van der Waals surface area contributed by atoms with Gasteiger partial charge in [0.1, 0.15) is 10.2 Å². The quantitative estimate of drug-likeness (QED) is 0.417. The molecule has 0 aliphatic carbocycles. The number of rotatable bonds is 4. The second kappa shape index (κ2) is 6.53. The molecule has 126 valence electrons. The zero-order valence-electron chi connectivity index (χ0n) is 13.9. The Hall–Kier alpha value is -1.32. The molecule has 0 amide bonds. The van der Waals surface area contributed by atoms with E-state index >= 15 is 0 Å². The second-order valence-corrected chi connectivity index (χ2v) is 8.43. The molecule has 1 unspecified atom stereocenters. The fourth-order valence-electron chi connectivity index (χ4n) is 2.31. The van der Waals surface area contributed by atoms with Crippen LogP contribution in [0.3, 0.4) is 0 Å². The van der Waals surface area contributed by atoms with Crippen LogP contribution in [-0.2, 0) is 15.9 Å². The average molecular weight is 439 g/mol. The van der Waals surface area contributed by atoms with E-state index in [4.69, 9.17) is 14.1 Å². The second-order valence-electron chi connectivity index (χ2n) is 6.37. The van der Waals surface area contributed by atoms with Gasteiger partial charge in [-0.25, -0.2) is 0 Å². The maximum atomic E-state index is 11.6. The highest BCUT2D eigenvalue weighted by molar-refractivity contribution is 14.1. The minimum atomic E-state index is -0.383. The van der Waals surface area contributed by atoms with Crippen molar-refractivity contribution >= 4 is 35.2 Å². The molecular formula is C17H19BINO4. The minimum Gasteiger partial charge on any atom is -0.406 e. The summed E-state index contributed by atoms with van der Waals surface area (Å²) in [6.07, 6.45) is 1.60. The maximum absolute atomic E-state index is 11.6. The molecule has 1 saturated heterocycles. The third-order valence-corrected chi connectivity index (χ3v) is 5.77. The van der Waals surface area contributed by atoms with Crippen LogP contribution in [0.5, 0.6) is 0 Å². The van der Waals surface area contributed by atoms with E-state index in [1.54, 1.807) is 18.3 Å². The van der Waals surface area contributed by atoms with E-state index in [0.29, 0.717) is 6.61 Å². The third-order valence-electron chi connectivity index (χ3n) is 4.22. The van der Waals surface area contributed by atoms with Gasteiger partial charge in [0.2, 0.25) is 0 Å². The van der Waals surface area contributed by atoms with Crippen LogP contribution in [0.25, 0.3) is 0 Å². The zero-order chi connectivity index (χ0) is 17.4. The lowest BCUT2D eigenvalue weighted by Crippen LogP contribution is -2.38. The molecule has 24 heavy (non-hydrogen) atoms. The summed E-state index contributed by atoms with van der Waals surface area (Å²) in [5.74, 6) is 0. The Kier molecular flexibility index (Phi) is 4.77. The van der Waals surface area contributed by atoms with Crippen LogP contribution in [0.2, 0.25) is 0 Å². The molecule has 1 atom stereocenters. The number of aromatic nitrogens is 1. The van der Waals surface area contributed by atoms with Gasteiger partial charge in [-0.3, -0.25) is 4.79 Å². The number of hydrogen-bond donors (Lipinski definition) is 0. The number of nitrogens with zero attached hydrogens (tertiary/aromatic N) is 1. The van der Waals surface area contributed by atoms with Crippen LogP contribution in [-0.4, -0.2) is 21.1 Å². The summed E-state index contributed by atoms with van der Waals surface area (Å²) in [6, 6.07) is 12.7. The largest absolute Gasteiger partial charge is 0.495 e. The van der Waals surface area contributed by atoms with Crippen molar-refractivity contribution in [3.8, 4) is 0 Å². The molecule has 1 aliphatic rings. The lowest BCUT2D eigenvalue weighted by Gasteiger charge is -2.30. The SMILES string of the molecule is CC1(C)OB(c2ccc(COn3ccccc3=O)cc2)OC1(C)I. The average Bonchev–Trinajstić information content (AvgIpc) is 2.75. The van der Waals surface area contributed by atoms with Crippen molar-refractivity contribution in [1.82, 2.24) is 4.73 Å². The molecule has 0 bridgehead atoms. The van der Waals surface area contributed by atoms with Gasteiger partial charge in [0.15, 0.2) is 0 Å². The van der Waals surface area contributed by atoms with E-state index in [1.165, 1.54) is 10.8 Å². The van der Waals surface area contributed by atoms with Crippen LogP contribution in [0.15, 0.2) is 53.5 Å². The summed E-state index contributed by atoms with van der Waals surface area (Å²) in [7, 11) is -0.381. The van der Waals surface area contributed by atoms with Crippen LogP contribution in [0.1, 0.15) is 26.3 Å². The van der Waals surface area contributed by atoms with E-state index in [-0.39, 0.29) is 21.9 Å². The lowest BCUT2D eigenvalue weighted by molar-refractivity contribution is 0.0726. The van der Waals surface area contributed by atoms with E-state index in [1.807, 2.05) is 45.0 Å². The van der Waals surface area contributed by atoms with Crippen molar-refractivity contribution < 1.29 is 14.1 Å². The highest BCUT2D eigenvalue weighted by Crippen LogP contribution is 2.41. The van der Waals surface area contributed by atoms with Gasteiger partial charge in [0.25, 0.3) is 5.56 Å². The van der Waals surface area contributed by atoms with E-state index in [9.17, 15) is 4.79 Å². The van der Waals surface area contributed by atoms with Gasteiger partial charge in [-0.15, -0.1) is 0 Å². The summed E-state index contributed by atoms with van der Waals surface area (Å²) in [6.45, 7) is 6.39. The standard InChI is InChI=1S/C17H19BINO4/c1-16(2)17(3,19)24-18(23-16)14-9-7-13(8-10-14)12-22-20-11-5-4-6-15(20)21/h4-11H,12H2,1-3H3. The number of hydrogen-bond acceptors (Lipinski definition) is 4. The topological polar surface area (TPSA) is 49.7 Å². The van der Waals surface area contributed by atoms with E-state index in [2.05, 4.69) is 22.6 Å².